The quantitative estimate of drug-likeness (QED) is 0.140. The Morgan fingerprint density at radius 3 is 2.53 bits per heavy atom. The maximum atomic E-state index is 14.5. The summed E-state index contributed by atoms with van der Waals surface area (Å²) in [6.07, 6.45) is 1.22. The first kappa shape index (κ1) is 23.0. The van der Waals surface area contributed by atoms with Crippen LogP contribution in [0.3, 0.4) is 0 Å². The van der Waals surface area contributed by atoms with Gasteiger partial charge in [-0.05, 0) is 48.5 Å². The number of amidine groups is 1. The number of halogens is 3. The molecule has 1 amide bonds. The molecule has 3 aromatic carbocycles. The maximum absolute atomic E-state index is 14.5. The number of hydrogen-bond donors (Lipinski definition) is 4. The number of nitrogens with one attached hydrogen (secondary N) is 2. The summed E-state index contributed by atoms with van der Waals surface area (Å²) in [7, 11) is 0. The number of carbonyl (C=O) groups excluding carboxylic acids is 1. The summed E-state index contributed by atoms with van der Waals surface area (Å²) in [5, 5.41) is 6.63. The number of hydrazone groups is 1. The molecule has 174 valence electrons. The van der Waals surface area contributed by atoms with Crippen LogP contribution in [0.25, 0.3) is 11.0 Å². The molecule has 1 aromatic heterocycles. The number of ether oxygens (including phenoxy) is 1. The SMILES string of the molecule is NN=C(NN)c1cc2occ(C(=O)Nc3ccc(OCc4ccc(F)cc4Cl)cc3)c2cc1F. The molecule has 0 aliphatic carbocycles. The Balaban J connectivity index is 1.46. The molecule has 0 atom stereocenters. The van der Waals surface area contributed by atoms with Crippen LogP contribution in [-0.4, -0.2) is 11.7 Å². The van der Waals surface area contributed by atoms with Gasteiger partial charge in [0.1, 0.15) is 35.8 Å². The Kier molecular flexibility index (Phi) is 6.62. The van der Waals surface area contributed by atoms with Crippen LogP contribution in [0.15, 0.2) is 70.4 Å². The first-order chi connectivity index (χ1) is 16.4. The van der Waals surface area contributed by atoms with E-state index in [1.54, 1.807) is 30.3 Å². The minimum absolute atomic E-state index is 0.00341. The summed E-state index contributed by atoms with van der Waals surface area (Å²) < 4.78 is 38.7. The van der Waals surface area contributed by atoms with Gasteiger partial charge in [-0.25, -0.2) is 14.6 Å². The van der Waals surface area contributed by atoms with E-state index < -0.39 is 17.5 Å². The van der Waals surface area contributed by atoms with Gasteiger partial charge in [-0.3, -0.25) is 4.79 Å². The van der Waals surface area contributed by atoms with Crippen molar-refractivity contribution in [1.29, 1.82) is 0 Å². The average Bonchev–Trinajstić information content (AvgIpc) is 3.23. The van der Waals surface area contributed by atoms with Gasteiger partial charge >= 0.3 is 0 Å². The fraction of sp³-hybridized carbons (Fsp3) is 0.0435. The first-order valence-corrected chi connectivity index (χ1v) is 10.2. The molecule has 11 heteroatoms. The molecular formula is C23H18ClF2N5O3. The minimum Gasteiger partial charge on any atom is -0.489 e. The second-order valence-electron chi connectivity index (χ2n) is 7.10. The van der Waals surface area contributed by atoms with Crippen LogP contribution >= 0.6 is 11.6 Å². The van der Waals surface area contributed by atoms with Gasteiger partial charge in [0, 0.05) is 16.6 Å². The number of hydrazine groups is 1. The summed E-state index contributed by atoms with van der Waals surface area (Å²) in [5.74, 6) is 9.31. The van der Waals surface area contributed by atoms with Crippen molar-refractivity contribution in [2.24, 2.45) is 16.8 Å². The van der Waals surface area contributed by atoms with E-state index in [2.05, 4.69) is 15.8 Å². The lowest BCUT2D eigenvalue weighted by atomic mass is 10.1. The number of amides is 1. The fourth-order valence-electron chi connectivity index (χ4n) is 3.22. The number of fused-ring (bicyclic) bond motifs is 1. The first-order valence-electron chi connectivity index (χ1n) is 9.83. The Bertz CT molecular complexity index is 1390. The zero-order valence-corrected chi connectivity index (χ0v) is 18.2. The number of nitrogens with zero attached hydrogens (tertiary/aromatic N) is 1. The van der Waals surface area contributed by atoms with Crippen molar-refractivity contribution >= 4 is 40.0 Å². The van der Waals surface area contributed by atoms with Gasteiger partial charge in [0.15, 0.2) is 5.84 Å². The van der Waals surface area contributed by atoms with Gasteiger partial charge in [-0.1, -0.05) is 17.7 Å². The van der Waals surface area contributed by atoms with Gasteiger partial charge in [-0.15, -0.1) is 0 Å². The molecule has 0 radical (unpaired) electrons. The maximum Gasteiger partial charge on any atom is 0.259 e. The van der Waals surface area contributed by atoms with Crippen molar-refractivity contribution in [3.05, 3.63) is 94.2 Å². The van der Waals surface area contributed by atoms with Crippen LogP contribution in [0.4, 0.5) is 14.5 Å². The predicted octanol–water partition coefficient (Wildman–Crippen LogP) is 4.28. The van der Waals surface area contributed by atoms with Gasteiger partial charge < -0.3 is 25.7 Å². The zero-order chi connectivity index (χ0) is 24.2. The molecule has 0 bridgehead atoms. The van der Waals surface area contributed by atoms with Crippen molar-refractivity contribution in [1.82, 2.24) is 5.43 Å². The molecule has 0 aliphatic heterocycles. The van der Waals surface area contributed by atoms with Crippen LogP contribution in [0.5, 0.6) is 5.75 Å². The number of anilines is 1. The van der Waals surface area contributed by atoms with E-state index in [0.717, 1.165) is 6.07 Å². The van der Waals surface area contributed by atoms with Crippen molar-refractivity contribution in [2.45, 2.75) is 6.61 Å². The molecule has 8 nitrogen and oxygen atoms in total. The highest BCUT2D eigenvalue weighted by molar-refractivity contribution is 6.31. The van der Waals surface area contributed by atoms with Gasteiger partial charge in [0.25, 0.3) is 5.91 Å². The third kappa shape index (κ3) is 4.77. The number of carbonyl (C=O) groups is 1. The Labute approximate surface area is 197 Å². The number of benzene rings is 3. The summed E-state index contributed by atoms with van der Waals surface area (Å²) in [6, 6.07) is 13.1. The van der Waals surface area contributed by atoms with Gasteiger partial charge in [0.2, 0.25) is 0 Å². The van der Waals surface area contributed by atoms with Crippen molar-refractivity contribution < 1.29 is 22.7 Å². The Hall–Kier alpha value is -4.15. The molecule has 4 aromatic rings. The van der Waals surface area contributed by atoms with E-state index in [9.17, 15) is 13.6 Å². The second kappa shape index (κ2) is 9.77. The number of rotatable bonds is 6. The molecule has 0 saturated heterocycles. The molecule has 1 heterocycles. The van der Waals surface area contributed by atoms with Crippen LogP contribution in [0, 0.1) is 11.6 Å². The molecule has 0 fully saturated rings. The Morgan fingerprint density at radius 1 is 1.09 bits per heavy atom. The molecule has 6 N–H and O–H groups in total. The Morgan fingerprint density at radius 2 is 1.85 bits per heavy atom. The minimum atomic E-state index is -0.687. The fourth-order valence-corrected chi connectivity index (χ4v) is 3.44. The summed E-state index contributed by atoms with van der Waals surface area (Å²) in [5.41, 5.74) is 3.70. The van der Waals surface area contributed by atoms with Crippen molar-refractivity contribution in [3.63, 3.8) is 0 Å². The second-order valence-corrected chi connectivity index (χ2v) is 7.51. The van der Waals surface area contributed by atoms with Crippen LogP contribution in [0.2, 0.25) is 5.02 Å². The third-order valence-corrected chi connectivity index (χ3v) is 5.30. The normalized spacial score (nSPS) is 11.5. The highest BCUT2D eigenvalue weighted by Crippen LogP contribution is 2.26. The largest absolute Gasteiger partial charge is 0.489 e. The zero-order valence-electron chi connectivity index (χ0n) is 17.4. The van der Waals surface area contributed by atoms with Crippen molar-refractivity contribution in [2.75, 3.05) is 5.32 Å². The van der Waals surface area contributed by atoms with E-state index >= 15 is 0 Å². The molecule has 0 unspecified atom stereocenters. The monoisotopic (exact) mass is 485 g/mol. The summed E-state index contributed by atoms with van der Waals surface area (Å²) in [6.45, 7) is 0.148. The highest BCUT2D eigenvalue weighted by atomic mass is 35.5. The average molecular weight is 486 g/mol. The smallest absolute Gasteiger partial charge is 0.259 e. The van der Waals surface area contributed by atoms with Gasteiger partial charge in [-0.2, -0.15) is 5.10 Å². The van der Waals surface area contributed by atoms with Crippen molar-refractivity contribution in [3.8, 4) is 5.75 Å². The lowest BCUT2D eigenvalue weighted by Gasteiger charge is -2.09. The number of nitrogens with two attached hydrogens (primary N) is 2. The lowest BCUT2D eigenvalue weighted by Crippen LogP contribution is -2.32. The lowest BCUT2D eigenvalue weighted by molar-refractivity contribution is 0.102. The van der Waals surface area contributed by atoms with Crippen LogP contribution in [-0.2, 0) is 6.61 Å². The van der Waals surface area contributed by atoms with E-state index in [0.29, 0.717) is 17.0 Å². The molecule has 34 heavy (non-hydrogen) atoms. The van der Waals surface area contributed by atoms with E-state index in [1.807, 2.05) is 0 Å². The van der Waals surface area contributed by atoms with Crippen LogP contribution < -0.4 is 27.2 Å². The summed E-state index contributed by atoms with van der Waals surface area (Å²) >= 11 is 6.00. The van der Waals surface area contributed by atoms with E-state index in [4.69, 9.17) is 32.4 Å². The standard InChI is InChI=1S/C23H18ClF2N5O3/c24-19-7-13(25)2-1-12(19)10-33-15-5-3-14(4-6-15)29-23(32)18-11-34-21-9-17(22(30-27)31-28)20(26)8-16(18)21/h1-9,11H,10,27-28H2,(H,29,32)(H,30,31). The van der Waals surface area contributed by atoms with E-state index in [-0.39, 0.29) is 39.6 Å². The molecule has 0 aliphatic rings. The number of hydrogen-bond acceptors (Lipinski definition) is 6. The van der Waals surface area contributed by atoms with Crippen LogP contribution in [0.1, 0.15) is 21.5 Å². The predicted molar refractivity (Wildman–Crippen MR) is 124 cm³/mol. The molecule has 0 saturated carbocycles. The molecule has 0 spiro atoms. The highest BCUT2D eigenvalue weighted by Gasteiger charge is 2.19. The topological polar surface area (TPSA) is 128 Å². The van der Waals surface area contributed by atoms with Gasteiger partial charge in [0.05, 0.1) is 16.1 Å². The third-order valence-electron chi connectivity index (χ3n) is 4.95. The number of furan rings is 1. The van der Waals surface area contributed by atoms with E-state index in [1.165, 1.54) is 24.5 Å². The summed E-state index contributed by atoms with van der Waals surface area (Å²) in [4.78, 5) is 12.7. The molecular weight excluding hydrogens is 468 g/mol. The molecule has 4 rings (SSSR count).